The van der Waals surface area contributed by atoms with Gasteiger partial charge in [0.1, 0.15) is 11.8 Å². The number of ketones is 1. The number of benzene rings is 2. The predicted octanol–water partition coefficient (Wildman–Crippen LogP) is 4.84. The summed E-state index contributed by atoms with van der Waals surface area (Å²) < 4.78 is 0.886. The molecule has 1 N–H and O–H groups in total. The number of nitrogens with zero attached hydrogens (tertiary/aromatic N) is 3. The third kappa shape index (κ3) is 3.80. The van der Waals surface area contributed by atoms with Crippen molar-refractivity contribution in [2.24, 2.45) is 0 Å². The molecule has 1 aromatic heterocycles. The standard InChI is InChI=1S/C25H22BrN3O3/c1-15-14-16(7-12-19(15)26)23(30)21-22(20-6-4-5-13-27-20)29(25(32)24(21)31)18-10-8-17(9-11-18)28(2)3/h4-14,22,30H,1-3H3/b23-21-. The average Bonchev–Trinajstić information content (AvgIpc) is 3.06. The molecule has 6 nitrogen and oxygen atoms in total. The minimum absolute atomic E-state index is 0.0205. The van der Waals surface area contributed by atoms with Gasteiger partial charge in [0, 0.05) is 41.7 Å². The second-order valence-electron chi connectivity index (χ2n) is 7.80. The molecule has 1 aliphatic rings. The Morgan fingerprint density at radius 2 is 1.78 bits per heavy atom. The summed E-state index contributed by atoms with van der Waals surface area (Å²) in [7, 11) is 3.85. The van der Waals surface area contributed by atoms with Gasteiger partial charge in [-0.2, -0.15) is 0 Å². The van der Waals surface area contributed by atoms with Gasteiger partial charge in [-0.3, -0.25) is 19.5 Å². The Hall–Kier alpha value is -3.45. The van der Waals surface area contributed by atoms with Crippen molar-refractivity contribution >= 4 is 44.8 Å². The summed E-state index contributed by atoms with van der Waals surface area (Å²) in [4.78, 5) is 34.1. The van der Waals surface area contributed by atoms with Crippen LogP contribution in [0.25, 0.3) is 5.76 Å². The van der Waals surface area contributed by atoms with Gasteiger partial charge in [-0.05, 0) is 61.0 Å². The largest absolute Gasteiger partial charge is 0.507 e. The number of aryl methyl sites for hydroxylation is 1. The molecule has 0 radical (unpaired) electrons. The van der Waals surface area contributed by atoms with Crippen LogP contribution in [-0.4, -0.2) is 35.9 Å². The maximum atomic E-state index is 13.2. The van der Waals surface area contributed by atoms with Crippen molar-refractivity contribution in [3.05, 3.63) is 93.7 Å². The molecule has 1 aliphatic heterocycles. The highest BCUT2D eigenvalue weighted by atomic mass is 79.9. The second-order valence-corrected chi connectivity index (χ2v) is 8.65. The van der Waals surface area contributed by atoms with Crippen molar-refractivity contribution in [2.75, 3.05) is 23.9 Å². The summed E-state index contributed by atoms with van der Waals surface area (Å²) in [5, 5.41) is 11.2. The van der Waals surface area contributed by atoms with Crippen LogP contribution in [0.2, 0.25) is 0 Å². The lowest BCUT2D eigenvalue weighted by atomic mass is 9.97. The van der Waals surface area contributed by atoms with Crippen LogP contribution in [0.15, 0.2) is 76.9 Å². The molecule has 0 bridgehead atoms. The van der Waals surface area contributed by atoms with Crippen LogP contribution >= 0.6 is 15.9 Å². The fourth-order valence-corrected chi connectivity index (χ4v) is 4.02. The molecule has 7 heteroatoms. The van der Waals surface area contributed by atoms with Gasteiger partial charge in [0.15, 0.2) is 0 Å². The van der Waals surface area contributed by atoms with Gasteiger partial charge in [-0.1, -0.05) is 28.1 Å². The van der Waals surface area contributed by atoms with E-state index >= 15 is 0 Å². The smallest absolute Gasteiger partial charge is 0.300 e. The fraction of sp³-hybridized carbons (Fsp3) is 0.160. The molecule has 1 unspecified atom stereocenters. The molecule has 1 amide bonds. The average molecular weight is 492 g/mol. The van der Waals surface area contributed by atoms with E-state index in [0.29, 0.717) is 16.9 Å². The second kappa shape index (κ2) is 8.59. The summed E-state index contributed by atoms with van der Waals surface area (Å²) in [6.07, 6.45) is 1.61. The van der Waals surface area contributed by atoms with E-state index in [9.17, 15) is 14.7 Å². The number of carbonyl (C=O) groups excluding carboxylic acids is 2. The molecule has 3 aromatic rings. The third-order valence-corrected chi connectivity index (χ3v) is 6.38. The number of aliphatic hydroxyl groups excluding tert-OH is 1. The molecule has 2 aromatic carbocycles. The van der Waals surface area contributed by atoms with Crippen molar-refractivity contribution in [2.45, 2.75) is 13.0 Å². The SMILES string of the molecule is Cc1cc(/C(O)=C2/C(=O)C(=O)N(c3ccc(N(C)C)cc3)C2c2ccccn2)ccc1Br. The van der Waals surface area contributed by atoms with Gasteiger partial charge in [0.25, 0.3) is 11.7 Å². The first-order valence-corrected chi connectivity index (χ1v) is 10.8. The number of hydrogen-bond acceptors (Lipinski definition) is 5. The zero-order valence-corrected chi connectivity index (χ0v) is 19.5. The molecule has 162 valence electrons. The van der Waals surface area contributed by atoms with Crippen molar-refractivity contribution in [3.8, 4) is 0 Å². The van der Waals surface area contributed by atoms with Crippen molar-refractivity contribution < 1.29 is 14.7 Å². The molecule has 0 saturated carbocycles. The number of aliphatic hydroxyl groups is 1. The van der Waals surface area contributed by atoms with Crippen LogP contribution in [0.5, 0.6) is 0 Å². The summed E-state index contributed by atoms with van der Waals surface area (Å²) in [5.74, 6) is -1.66. The monoisotopic (exact) mass is 491 g/mol. The molecular weight excluding hydrogens is 470 g/mol. The number of aromatic nitrogens is 1. The summed E-state index contributed by atoms with van der Waals surface area (Å²) in [5.41, 5.74) is 3.40. The van der Waals surface area contributed by atoms with E-state index in [1.165, 1.54) is 4.90 Å². The number of pyridine rings is 1. The number of Topliss-reactive ketones (excluding diaryl/α,β-unsaturated/α-hetero) is 1. The van der Waals surface area contributed by atoms with E-state index in [2.05, 4.69) is 20.9 Å². The van der Waals surface area contributed by atoms with E-state index in [1.807, 2.05) is 38.1 Å². The third-order valence-electron chi connectivity index (χ3n) is 5.49. The lowest BCUT2D eigenvalue weighted by molar-refractivity contribution is -0.132. The first-order valence-electron chi connectivity index (χ1n) is 10.1. The Morgan fingerprint density at radius 1 is 1.06 bits per heavy atom. The van der Waals surface area contributed by atoms with Gasteiger partial charge in [-0.25, -0.2) is 0 Å². The molecule has 32 heavy (non-hydrogen) atoms. The zero-order valence-electron chi connectivity index (χ0n) is 17.9. The Morgan fingerprint density at radius 3 is 2.38 bits per heavy atom. The number of anilines is 2. The highest BCUT2D eigenvalue weighted by Crippen LogP contribution is 2.42. The van der Waals surface area contributed by atoms with Crippen LogP contribution in [0.3, 0.4) is 0 Å². The first kappa shape index (κ1) is 21.8. The number of halogens is 1. The van der Waals surface area contributed by atoms with Crippen molar-refractivity contribution in [1.82, 2.24) is 4.98 Å². The molecule has 4 rings (SSSR count). The van der Waals surface area contributed by atoms with E-state index in [1.54, 1.807) is 54.7 Å². The Kier molecular flexibility index (Phi) is 5.84. The fourth-order valence-electron chi connectivity index (χ4n) is 3.78. The van der Waals surface area contributed by atoms with E-state index < -0.39 is 17.7 Å². The molecule has 1 atom stereocenters. The number of amides is 1. The van der Waals surface area contributed by atoms with Crippen LogP contribution < -0.4 is 9.80 Å². The molecule has 2 heterocycles. The van der Waals surface area contributed by atoms with Crippen molar-refractivity contribution in [1.29, 1.82) is 0 Å². The maximum Gasteiger partial charge on any atom is 0.300 e. The van der Waals surface area contributed by atoms with Crippen LogP contribution in [-0.2, 0) is 9.59 Å². The maximum absolute atomic E-state index is 13.2. The van der Waals surface area contributed by atoms with Gasteiger partial charge in [0.05, 0.1) is 11.3 Å². The predicted molar refractivity (Wildman–Crippen MR) is 129 cm³/mol. The lowest BCUT2D eigenvalue weighted by Gasteiger charge is -2.25. The van der Waals surface area contributed by atoms with E-state index in [4.69, 9.17) is 0 Å². The summed E-state index contributed by atoms with van der Waals surface area (Å²) in [6.45, 7) is 1.89. The first-order chi connectivity index (χ1) is 15.3. The summed E-state index contributed by atoms with van der Waals surface area (Å²) in [6, 6.07) is 17.1. The Bertz CT molecular complexity index is 1220. The van der Waals surface area contributed by atoms with Crippen molar-refractivity contribution in [3.63, 3.8) is 0 Å². The normalized spacial score (nSPS) is 17.6. The Balaban J connectivity index is 1.90. The zero-order chi connectivity index (χ0) is 23.0. The Labute approximate surface area is 194 Å². The number of rotatable bonds is 4. The van der Waals surface area contributed by atoms with Gasteiger partial charge >= 0.3 is 0 Å². The molecular formula is C25H22BrN3O3. The number of carbonyl (C=O) groups is 2. The minimum Gasteiger partial charge on any atom is -0.507 e. The topological polar surface area (TPSA) is 73.7 Å². The summed E-state index contributed by atoms with van der Waals surface area (Å²) >= 11 is 3.45. The van der Waals surface area contributed by atoms with Gasteiger partial charge in [-0.15, -0.1) is 0 Å². The molecule has 1 fully saturated rings. The van der Waals surface area contributed by atoms with Gasteiger partial charge in [0.2, 0.25) is 0 Å². The highest BCUT2D eigenvalue weighted by molar-refractivity contribution is 9.10. The molecule has 0 aliphatic carbocycles. The quantitative estimate of drug-likeness (QED) is 0.321. The van der Waals surface area contributed by atoms with E-state index in [0.717, 1.165) is 15.7 Å². The van der Waals surface area contributed by atoms with Crippen LogP contribution in [0.1, 0.15) is 22.9 Å². The highest BCUT2D eigenvalue weighted by Gasteiger charge is 2.47. The minimum atomic E-state index is -0.842. The number of hydrogen-bond donors (Lipinski definition) is 1. The lowest BCUT2D eigenvalue weighted by Crippen LogP contribution is -2.29. The van der Waals surface area contributed by atoms with Crippen LogP contribution in [0, 0.1) is 6.92 Å². The molecule has 1 saturated heterocycles. The molecule has 0 spiro atoms. The van der Waals surface area contributed by atoms with Crippen LogP contribution in [0.4, 0.5) is 11.4 Å². The van der Waals surface area contributed by atoms with Gasteiger partial charge < -0.3 is 10.0 Å². The van der Waals surface area contributed by atoms with E-state index in [-0.39, 0.29) is 11.3 Å².